The highest BCUT2D eigenvalue weighted by Crippen LogP contribution is 2.23. The van der Waals surface area contributed by atoms with E-state index >= 15 is 0 Å². The normalized spacial score (nSPS) is 11.5. The van der Waals surface area contributed by atoms with Gasteiger partial charge in [0.15, 0.2) is 0 Å². The molecule has 29 heavy (non-hydrogen) atoms. The van der Waals surface area contributed by atoms with Gasteiger partial charge in [-0.05, 0) is 34.9 Å². The monoisotopic (exact) mass is 409 g/mol. The van der Waals surface area contributed by atoms with E-state index in [1.54, 1.807) is 12.1 Å². The maximum absolute atomic E-state index is 12.6. The summed E-state index contributed by atoms with van der Waals surface area (Å²) in [6.07, 6.45) is 0.152. The zero-order valence-corrected chi connectivity index (χ0v) is 16.5. The molecule has 0 spiro atoms. The van der Waals surface area contributed by atoms with Crippen LogP contribution in [0.15, 0.2) is 72.8 Å². The zero-order chi connectivity index (χ0) is 20.8. The zero-order valence-electron chi connectivity index (χ0n) is 15.8. The molecule has 0 saturated carbocycles. The smallest absolute Gasteiger partial charge is 0.326 e. The highest BCUT2D eigenvalue weighted by molar-refractivity contribution is 6.31. The Kier molecular flexibility index (Phi) is 6.52. The van der Waals surface area contributed by atoms with E-state index in [1.165, 1.54) is 13.2 Å². The molecule has 3 rings (SSSR count). The largest absolute Gasteiger partial charge is 0.496 e. The first-order chi connectivity index (χ1) is 14.0. The van der Waals surface area contributed by atoms with Crippen LogP contribution in [0, 0.1) is 0 Å². The average Bonchev–Trinajstić information content (AvgIpc) is 2.74. The van der Waals surface area contributed by atoms with Crippen molar-refractivity contribution in [3.8, 4) is 16.9 Å². The van der Waals surface area contributed by atoms with E-state index in [0.29, 0.717) is 10.8 Å². The fourth-order valence-corrected chi connectivity index (χ4v) is 3.17. The average molecular weight is 410 g/mol. The quantitative estimate of drug-likeness (QED) is 0.604. The molecule has 3 aromatic rings. The fraction of sp³-hybridized carbons (Fsp3) is 0.130. The summed E-state index contributed by atoms with van der Waals surface area (Å²) in [5.74, 6) is -1.35. The lowest BCUT2D eigenvalue weighted by Crippen LogP contribution is -2.42. The van der Waals surface area contributed by atoms with Crippen LogP contribution in [-0.2, 0) is 11.2 Å². The van der Waals surface area contributed by atoms with Gasteiger partial charge in [-0.25, -0.2) is 4.79 Å². The lowest BCUT2D eigenvalue weighted by molar-refractivity contribution is -0.139. The van der Waals surface area contributed by atoms with Crippen molar-refractivity contribution in [1.82, 2.24) is 5.32 Å². The van der Waals surface area contributed by atoms with Crippen LogP contribution in [0.5, 0.6) is 5.75 Å². The second kappa shape index (κ2) is 9.26. The number of ether oxygens (including phenoxy) is 1. The Hall–Kier alpha value is -3.31. The van der Waals surface area contributed by atoms with Crippen LogP contribution >= 0.6 is 11.6 Å². The predicted molar refractivity (Wildman–Crippen MR) is 112 cm³/mol. The number of carbonyl (C=O) groups is 2. The summed E-state index contributed by atoms with van der Waals surface area (Å²) < 4.78 is 5.17. The molecule has 5 nitrogen and oxygen atoms in total. The Bertz CT molecular complexity index is 1000. The lowest BCUT2D eigenvalue weighted by atomic mass is 10.0. The number of nitrogens with one attached hydrogen (secondary N) is 1. The first-order valence-electron chi connectivity index (χ1n) is 8.99. The van der Waals surface area contributed by atoms with E-state index in [2.05, 4.69) is 5.32 Å². The van der Waals surface area contributed by atoms with Gasteiger partial charge in [0.1, 0.15) is 11.8 Å². The molecule has 0 unspecified atom stereocenters. The van der Waals surface area contributed by atoms with Crippen molar-refractivity contribution in [2.75, 3.05) is 7.11 Å². The van der Waals surface area contributed by atoms with Crippen molar-refractivity contribution in [2.24, 2.45) is 0 Å². The molecule has 0 bridgehead atoms. The van der Waals surface area contributed by atoms with Crippen molar-refractivity contribution < 1.29 is 19.4 Å². The number of methoxy groups -OCH3 is 1. The van der Waals surface area contributed by atoms with Crippen LogP contribution in [0.3, 0.4) is 0 Å². The Morgan fingerprint density at radius 2 is 1.66 bits per heavy atom. The lowest BCUT2D eigenvalue weighted by Gasteiger charge is -2.16. The highest BCUT2D eigenvalue weighted by Gasteiger charge is 2.23. The molecule has 148 valence electrons. The summed E-state index contributed by atoms with van der Waals surface area (Å²) in [7, 11) is 1.43. The second-order valence-corrected chi connectivity index (χ2v) is 6.91. The van der Waals surface area contributed by atoms with Crippen molar-refractivity contribution in [2.45, 2.75) is 12.5 Å². The van der Waals surface area contributed by atoms with Gasteiger partial charge in [0.25, 0.3) is 5.91 Å². The molecule has 1 atom stereocenters. The topological polar surface area (TPSA) is 75.6 Å². The molecule has 0 aliphatic heterocycles. The van der Waals surface area contributed by atoms with E-state index < -0.39 is 17.9 Å². The molecular formula is C23H20ClNO4. The highest BCUT2D eigenvalue weighted by atomic mass is 35.5. The molecule has 6 heteroatoms. The van der Waals surface area contributed by atoms with E-state index in [1.807, 2.05) is 54.6 Å². The predicted octanol–water partition coefficient (Wildman–Crippen LogP) is 4.44. The number of hydrogen-bond donors (Lipinski definition) is 2. The minimum atomic E-state index is -1.12. The molecule has 1 amide bonds. The number of carboxylic acid groups (broad SMARTS) is 1. The summed E-state index contributed by atoms with van der Waals surface area (Å²) in [6.45, 7) is 0. The van der Waals surface area contributed by atoms with Crippen molar-refractivity contribution >= 4 is 23.5 Å². The van der Waals surface area contributed by atoms with E-state index in [4.69, 9.17) is 16.3 Å². The van der Waals surface area contributed by atoms with Crippen LogP contribution in [0.1, 0.15) is 15.9 Å². The molecule has 0 heterocycles. The van der Waals surface area contributed by atoms with Crippen LogP contribution < -0.4 is 10.1 Å². The number of benzene rings is 3. The van der Waals surface area contributed by atoms with Gasteiger partial charge in [0.05, 0.1) is 12.7 Å². The Morgan fingerprint density at radius 3 is 2.28 bits per heavy atom. The number of amides is 1. The van der Waals surface area contributed by atoms with Gasteiger partial charge < -0.3 is 15.2 Å². The maximum Gasteiger partial charge on any atom is 0.326 e. The van der Waals surface area contributed by atoms with Gasteiger partial charge in [0.2, 0.25) is 0 Å². The van der Waals surface area contributed by atoms with Crippen LogP contribution in [0.25, 0.3) is 11.1 Å². The van der Waals surface area contributed by atoms with Crippen LogP contribution in [0.4, 0.5) is 0 Å². The van der Waals surface area contributed by atoms with Crippen LogP contribution in [0.2, 0.25) is 5.02 Å². The van der Waals surface area contributed by atoms with Crippen molar-refractivity contribution in [3.05, 3.63) is 88.9 Å². The standard InChI is InChI=1S/C23H20ClNO4/c1-29-21-12-11-18(24)14-19(21)22(26)25-20(23(27)28)13-15-7-9-17(10-8-15)16-5-3-2-4-6-16/h2-12,14,20H,13H2,1H3,(H,25,26)(H,27,28)/t20-/m0/s1. The number of hydrogen-bond acceptors (Lipinski definition) is 3. The Balaban J connectivity index is 1.75. The number of carbonyl (C=O) groups excluding carboxylic acids is 1. The van der Waals surface area contributed by atoms with E-state index in [0.717, 1.165) is 16.7 Å². The first-order valence-corrected chi connectivity index (χ1v) is 9.37. The summed E-state index contributed by atoms with van der Waals surface area (Å²) in [6, 6.07) is 21.0. The summed E-state index contributed by atoms with van der Waals surface area (Å²) in [4.78, 5) is 24.3. The van der Waals surface area contributed by atoms with Gasteiger partial charge in [0, 0.05) is 11.4 Å². The number of carboxylic acids is 1. The molecule has 0 radical (unpaired) electrons. The van der Waals surface area contributed by atoms with Gasteiger partial charge in [-0.1, -0.05) is 66.2 Å². The minimum absolute atomic E-state index is 0.152. The Morgan fingerprint density at radius 1 is 1.00 bits per heavy atom. The molecule has 0 aliphatic carbocycles. The molecule has 0 saturated heterocycles. The SMILES string of the molecule is COc1ccc(Cl)cc1C(=O)N[C@@H](Cc1ccc(-c2ccccc2)cc1)C(=O)O. The minimum Gasteiger partial charge on any atom is -0.496 e. The number of aliphatic carboxylic acids is 1. The fourth-order valence-electron chi connectivity index (χ4n) is 2.99. The Labute approximate surface area is 173 Å². The van der Waals surface area contributed by atoms with Gasteiger partial charge in [-0.3, -0.25) is 4.79 Å². The first kappa shape index (κ1) is 20.4. The third-order valence-corrected chi connectivity index (χ3v) is 4.75. The molecule has 0 fully saturated rings. The number of halogens is 1. The molecular weight excluding hydrogens is 390 g/mol. The van der Waals surface area contributed by atoms with E-state index in [9.17, 15) is 14.7 Å². The third kappa shape index (κ3) is 5.15. The van der Waals surface area contributed by atoms with Gasteiger partial charge in [-0.2, -0.15) is 0 Å². The van der Waals surface area contributed by atoms with Crippen molar-refractivity contribution in [3.63, 3.8) is 0 Å². The molecule has 0 aliphatic rings. The molecule has 0 aromatic heterocycles. The van der Waals surface area contributed by atoms with Crippen molar-refractivity contribution in [1.29, 1.82) is 0 Å². The summed E-state index contributed by atoms with van der Waals surface area (Å²) in [5.41, 5.74) is 3.10. The van der Waals surface area contributed by atoms with E-state index in [-0.39, 0.29) is 12.0 Å². The van der Waals surface area contributed by atoms with Crippen LogP contribution in [-0.4, -0.2) is 30.1 Å². The molecule has 2 N–H and O–H groups in total. The summed E-state index contributed by atoms with van der Waals surface area (Å²) >= 11 is 5.96. The summed E-state index contributed by atoms with van der Waals surface area (Å²) in [5, 5.41) is 12.5. The maximum atomic E-state index is 12.6. The number of rotatable bonds is 7. The van der Waals surface area contributed by atoms with Gasteiger partial charge >= 0.3 is 5.97 Å². The molecule has 3 aromatic carbocycles. The third-order valence-electron chi connectivity index (χ3n) is 4.51. The van der Waals surface area contributed by atoms with Gasteiger partial charge in [-0.15, -0.1) is 0 Å². The second-order valence-electron chi connectivity index (χ2n) is 6.48.